The van der Waals surface area contributed by atoms with E-state index in [9.17, 15) is 5.11 Å². The summed E-state index contributed by atoms with van der Waals surface area (Å²) in [7, 11) is 1.55. The second kappa shape index (κ2) is 4.14. The molecule has 1 aromatic rings. The van der Waals surface area contributed by atoms with E-state index in [2.05, 4.69) is 0 Å². The first-order chi connectivity index (χ1) is 6.19. The highest BCUT2D eigenvalue weighted by atomic mass is 16.5. The molecule has 0 fully saturated rings. The van der Waals surface area contributed by atoms with Gasteiger partial charge in [-0.2, -0.15) is 0 Å². The van der Waals surface area contributed by atoms with Crippen LogP contribution < -0.4 is 4.74 Å². The number of phenols is 1. The fourth-order valence-electron chi connectivity index (χ4n) is 1.31. The van der Waals surface area contributed by atoms with Crippen LogP contribution in [-0.2, 0) is 6.42 Å². The zero-order valence-electron chi connectivity index (χ0n) is 7.87. The molecule has 3 heteroatoms. The summed E-state index contributed by atoms with van der Waals surface area (Å²) in [5, 5.41) is 18.3. The highest BCUT2D eigenvalue weighted by Gasteiger charge is 2.08. The Bertz CT molecular complexity index is 294. The predicted octanol–water partition coefficient (Wildman–Crippen LogP) is 1.24. The standard InChI is InChI=1S/C10H14O3/c1-7-5-9(12)8(3-4-11)10(6-7)13-2/h5-6,11-12H,3-4H2,1-2H3. The molecule has 2 N–H and O–H groups in total. The van der Waals surface area contributed by atoms with Gasteiger partial charge in [0.1, 0.15) is 11.5 Å². The molecule has 0 spiro atoms. The molecule has 0 aromatic heterocycles. The van der Waals surface area contributed by atoms with Gasteiger partial charge in [-0.25, -0.2) is 0 Å². The maximum absolute atomic E-state index is 9.54. The minimum Gasteiger partial charge on any atom is -0.508 e. The van der Waals surface area contributed by atoms with E-state index in [1.165, 1.54) is 0 Å². The summed E-state index contributed by atoms with van der Waals surface area (Å²) < 4.78 is 5.09. The molecule has 0 aliphatic carbocycles. The number of ether oxygens (including phenoxy) is 1. The molecule has 0 unspecified atom stereocenters. The molecular formula is C10H14O3. The lowest BCUT2D eigenvalue weighted by Crippen LogP contribution is -1.96. The van der Waals surface area contributed by atoms with Crippen molar-refractivity contribution in [2.24, 2.45) is 0 Å². The number of aryl methyl sites for hydroxylation is 1. The monoisotopic (exact) mass is 182 g/mol. The smallest absolute Gasteiger partial charge is 0.126 e. The quantitative estimate of drug-likeness (QED) is 0.739. The number of hydrogen-bond donors (Lipinski definition) is 2. The number of benzene rings is 1. The van der Waals surface area contributed by atoms with Gasteiger partial charge in [0.2, 0.25) is 0 Å². The highest BCUT2D eigenvalue weighted by Crippen LogP contribution is 2.29. The third-order valence-corrected chi connectivity index (χ3v) is 1.91. The number of phenolic OH excluding ortho intramolecular Hbond substituents is 1. The third kappa shape index (κ3) is 2.12. The van der Waals surface area contributed by atoms with Gasteiger partial charge in [-0.3, -0.25) is 0 Å². The number of hydrogen-bond acceptors (Lipinski definition) is 3. The lowest BCUT2D eigenvalue weighted by Gasteiger charge is -2.10. The molecule has 0 aliphatic rings. The molecule has 0 saturated heterocycles. The summed E-state index contributed by atoms with van der Waals surface area (Å²) in [6, 6.07) is 3.50. The molecule has 13 heavy (non-hydrogen) atoms. The van der Waals surface area contributed by atoms with Crippen LogP contribution in [0.15, 0.2) is 12.1 Å². The predicted molar refractivity (Wildman–Crippen MR) is 50.2 cm³/mol. The van der Waals surface area contributed by atoms with Crippen LogP contribution in [-0.4, -0.2) is 23.9 Å². The van der Waals surface area contributed by atoms with Crippen LogP contribution in [0.1, 0.15) is 11.1 Å². The van der Waals surface area contributed by atoms with Crippen molar-refractivity contribution in [3.63, 3.8) is 0 Å². The molecule has 0 radical (unpaired) electrons. The first-order valence-corrected chi connectivity index (χ1v) is 4.16. The molecule has 0 heterocycles. The van der Waals surface area contributed by atoms with Crippen molar-refractivity contribution < 1.29 is 14.9 Å². The fraction of sp³-hybridized carbons (Fsp3) is 0.400. The van der Waals surface area contributed by atoms with Gasteiger partial charge in [0.05, 0.1) is 7.11 Å². The second-order valence-corrected chi connectivity index (χ2v) is 2.94. The molecule has 1 aromatic carbocycles. The van der Waals surface area contributed by atoms with Crippen molar-refractivity contribution >= 4 is 0 Å². The van der Waals surface area contributed by atoms with Crippen molar-refractivity contribution in [1.29, 1.82) is 0 Å². The van der Waals surface area contributed by atoms with Crippen molar-refractivity contribution in [3.05, 3.63) is 23.3 Å². The van der Waals surface area contributed by atoms with E-state index in [-0.39, 0.29) is 12.4 Å². The van der Waals surface area contributed by atoms with Crippen LogP contribution in [0.3, 0.4) is 0 Å². The van der Waals surface area contributed by atoms with E-state index >= 15 is 0 Å². The second-order valence-electron chi connectivity index (χ2n) is 2.94. The number of aromatic hydroxyl groups is 1. The van der Waals surface area contributed by atoms with E-state index in [0.717, 1.165) is 5.56 Å². The zero-order chi connectivity index (χ0) is 9.84. The Hall–Kier alpha value is -1.22. The van der Waals surface area contributed by atoms with Crippen LogP contribution in [0.25, 0.3) is 0 Å². The summed E-state index contributed by atoms with van der Waals surface area (Å²) in [5.74, 6) is 0.817. The Labute approximate surface area is 77.6 Å². The maximum atomic E-state index is 9.54. The number of rotatable bonds is 3. The number of methoxy groups -OCH3 is 1. The highest BCUT2D eigenvalue weighted by molar-refractivity contribution is 5.47. The third-order valence-electron chi connectivity index (χ3n) is 1.91. The van der Waals surface area contributed by atoms with Crippen LogP contribution >= 0.6 is 0 Å². The SMILES string of the molecule is COc1cc(C)cc(O)c1CCO. The van der Waals surface area contributed by atoms with E-state index < -0.39 is 0 Å². The lowest BCUT2D eigenvalue weighted by atomic mass is 10.1. The van der Waals surface area contributed by atoms with E-state index in [1.54, 1.807) is 13.2 Å². The van der Waals surface area contributed by atoms with Crippen molar-refractivity contribution in [2.45, 2.75) is 13.3 Å². The average molecular weight is 182 g/mol. The first kappa shape index (κ1) is 9.86. The van der Waals surface area contributed by atoms with Gasteiger partial charge in [-0.05, 0) is 24.6 Å². The molecule has 0 atom stereocenters. The average Bonchev–Trinajstić information content (AvgIpc) is 2.09. The lowest BCUT2D eigenvalue weighted by molar-refractivity contribution is 0.294. The fourth-order valence-corrected chi connectivity index (χ4v) is 1.31. The molecular weight excluding hydrogens is 168 g/mol. The summed E-state index contributed by atoms with van der Waals surface area (Å²) >= 11 is 0. The Morgan fingerprint density at radius 2 is 2.08 bits per heavy atom. The van der Waals surface area contributed by atoms with Crippen LogP contribution in [0, 0.1) is 6.92 Å². The van der Waals surface area contributed by atoms with Gasteiger partial charge in [-0.15, -0.1) is 0 Å². The first-order valence-electron chi connectivity index (χ1n) is 4.16. The molecule has 0 amide bonds. The van der Waals surface area contributed by atoms with Crippen molar-refractivity contribution in [2.75, 3.05) is 13.7 Å². The van der Waals surface area contributed by atoms with Gasteiger partial charge < -0.3 is 14.9 Å². The summed E-state index contributed by atoms with van der Waals surface area (Å²) in [6.07, 6.45) is 0.412. The molecule has 0 saturated carbocycles. The maximum Gasteiger partial charge on any atom is 0.126 e. The van der Waals surface area contributed by atoms with Gasteiger partial charge >= 0.3 is 0 Å². The van der Waals surface area contributed by atoms with Crippen LogP contribution in [0.5, 0.6) is 11.5 Å². The van der Waals surface area contributed by atoms with E-state index in [1.807, 2.05) is 13.0 Å². The van der Waals surface area contributed by atoms with Crippen molar-refractivity contribution in [3.8, 4) is 11.5 Å². The Kier molecular flexibility index (Phi) is 3.14. The van der Waals surface area contributed by atoms with Gasteiger partial charge in [0, 0.05) is 18.6 Å². The molecule has 3 nitrogen and oxygen atoms in total. The van der Waals surface area contributed by atoms with E-state index in [0.29, 0.717) is 17.7 Å². The Morgan fingerprint density at radius 1 is 1.38 bits per heavy atom. The van der Waals surface area contributed by atoms with Gasteiger partial charge in [-0.1, -0.05) is 0 Å². The Morgan fingerprint density at radius 3 is 2.62 bits per heavy atom. The number of aliphatic hydroxyl groups is 1. The summed E-state index contributed by atoms with van der Waals surface area (Å²) in [6.45, 7) is 1.89. The summed E-state index contributed by atoms with van der Waals surface area (Å²) in [5.41, 5.74) is 1.60. The molecule has 0 bridgehead atoms. The molecule has 1 rings (SSSR count). The Balaban J connectivity index is 3.13. The zero-order valence-corrected chi connectivity index (χ0v) is 7.87. The van der Waals surface area contributed by atoms with Crippen LogP contribution in [0.2, 0.25) is 0 Å². The van der Waals surface area contributed by atoms with Gasteiger partial charge in [0.25, 0.3) is 0 Å². The normalized spacial score (nSPS) is 10.1. The molecule has 0 aliphatic heterocycles. The van der Waals surface area contributed by atoms with E-state index in [4.69, 9.17) is 9.84 Å². The topological polar surface area (TPSA) is 49.7 Å². The van der Waals surface area contributed by atoms with Crippen LogP contribution in [0.4, 0.5) is 0 Å². The largest absolute Gasteiger partial charge is 0.508 e. The van der Waals surface area contributed by atoms with Crippen molar-refractivity contribution in [1.82, 2.24) is 0 Å². The van der Waals surface area contributed by atoms with Gasteiger partial charge in [0.15, 0.2) is 0 Å². The molecule has 72 valence electrons. The number of aliphatic hydroxyl groups excluding tert-OH is 1. The minimum absolute atomic E-state index is 0.00693. The minimum atomic E-state index is 0.00693. The summed E-state index contributed by atoms with van der Waals surface area (Å²) in [4.78, 5) is 0.